The molecule has 0 aromatic carbocycles. The highest BCUT2D eigenvalue weighted by Crippen LogP contribution is 2.49. The molecule has 1 N–H and O–H groups in total. The third kappa shape index (κ3) is 1.70. The Hall–Kier alpha value is -1.72. The molecule has 1 aliphatic heterocycles. The lowest BCUT2D eigenvalue weighted by molar-refractivity contribution is -0.108. The van der Waals surface area contributed by atoms with Crippen LogP contribution in [0.15, 0.2) is 40.8 Å². The summed E-state index contributed by atoms with van der Waals surface area (Å²) in [4.78, 5) is -2.22. The zero-order valence-electron chi connectivity index (χ0n) is 11.5. The van der Waals surface area contributed by atoms with E-state index in [4.69, 9.17) is 5.11 Å². The summed E-state index contributed by atoms with van der Waals surface area (Å²) in [5, 5.41) is 8.89. The normalized spacial score (nSPS) is 19.6. The number of aromatic nitrogens is 1. The van der Waals surface area contributed by atoms with Crippen LogP contribution in [-0.2, 0) is 6.54 Å². The van der Waals surface area contributed by atoms with E-state index >= 15 is 0 Å². The molecule has 0 saturated carbocycles. The summed E-state index contributed by atoms with van der Waals surface area (Å²) in [6, 6.07) is 1.71. The SMILES string of the molecule is CC1=CC(C)=C2C1=Cc1ccn(CCCO)c1[N+]2(F)F. The molecule has 0 saturated heterocycles. The molecule has 5 heteroatoms. The van der Waals surface area contributed by atoms with Crippen molar-refractivity contribution in [3.05, 3.63) is 46.3 Å². The third-order valence-corrected chi connectivity index (χ3v) is 3.85. The van der Waals surface area contributed by atoms with E-state index in [0.29, 0.717) is 29.7 Å². The van der Waals surface area contributed by atoms with Gasteiger partial charge in [0.05, 0.1) is 14.5 Å². The maximum atomic E-state index is 14.8. The van der Waals surface area contributed by atoms with E-state index in [9.17, 15) is 8.96 Å². The van der Waals surface area contributed by atoms with Gasteiger partial charge in [0.25, 0.3) is 0 Å². The number of aliphatic hydroxyl groups excluding tert-OH is 1. The maximum absolute atomic E-state index is 14.8. The van der Waals surface area contributed by atoms with Crippen LogP contribution in [0.3, 0.4) is 0 Å². The molecule has 0 radical (unpaired) electrons. The maximum Gasteiger partial charge on any atom is 0.301 e. The number of fused-ring (bicyclic) bond motifs is 2. The fourth-order valence-electron chi connectivity index (χ4n) is 3.03. The van der Waals surface area contributed by atoms with Gasteiger partial charge in [-0.25, -0.2) is 0 Å². The van der Waals surface area contributed by atoms with Gasteiger partial charge >= 0.3 is 5.82 Å². The lowest BCUT2D eigenvalue weighted by atomic mass is 10.0. The molecule has 3 rings (SSSR count). The van der Waals surface area contributed by atoms with Crippen molar-refractivity contribution in [2.45, 2.75) is 26.8 Å². The van der Waals surface area contributed by atoms with Crippen molar-refractivity contribution in [1.82, 2.24) is 9.49 Å². The number of quaternary nitrogens is 1. The van der Waals surface area contributed by atoms with E-state index < -0.39 is 4.93 Å². The number of nitrogens with zero attached hydrogens (tertiary/aromatic N) is 2. The second-order valence-corrected chi connectivity index (χ2v) is 5.30. The van der Waals surface area contributed by atoms with Crippen LogP contribution in [0.5, 0.6) is 0 Å². The summed E-state index contributed by atoms with van der Waals surface area (Å²) in [5.41, 5.74) is 2.73. The number of aryl methyl sites for hydroxylation is 1. The smallest absolute Gasteiger partial charge is 0.301 e. The number of aliphatic hydroxyl groups is 1. The molecule has 1 aromatic heterocycles. The summed E-state index contributed by atoms with van der Waals surface area (Å²) in [6.45, 7) is 3.96. The summed E-state index contributed by atoms with van der Waals surface area (Å²) in [6.07, 6.45) is 5.77. The average molecular weight is 279 g/mol. The highest BCUT2D eigenvalue weighted by atomic mass is 19.4. The molecule has 3 nitrogen and oxygen atoms in total. The number of allylic oxidation sites excluding steroid dienone is 3. The van der Waals surface area contributed by atoms with Gasteiger partial charge in [-0.15, -0.1) is 0 Å². The van der Waals surface area contributed by atoms with Gasteiger partial charge in [-0.3, -0.25) is 4.57 Å². The quantitative estimate of drug-likeness (QED) is 0.841. The van der Waals surface area contributed by atoms with E-state index in [1.807, 2.05) is 13.0 Å². The largest absolute Gasteiger partial charge is 0.396 e. The molecule has 2 aliphatic rings. The molecule has 0 fully saturated rings. The Morgan fingerprint density at radius 2 is 2.00 bits per heavy atom. The van der Waals surface area contributed by atoms with Crippen molar-refractivity contribution in [3.8, 4) is 0 Å². The Kier molecular flexibility index (Phi) is 2.92. The summed E-state index contributed by atoms with van der Waals surface area (Å²) in [5.74, 6) is -0.0142. The number of hydrogen-bond donors (Lipinski definition) is 1. The van der Waals surface area contributed by atoms with Crippen LogP contribution in [0.2, 0.25) is 0 Å². The van der Waals surface area contributed by atoms with Crippen LogP contribution < -0.4 is 4.93 Å². The van der Waals surface area contributed by atoms with Crippen LogP contribution in [0, 0.1) is 0 Å². The van der Waals surface area contributed by atoms with Crippen molar-refractivity contribution >= 4 is 11.9 Å². The molecule has 1 aliphatic carbocycles. The highest BCUT2D eigenvalue weighted by molar-refractivity contribution is 5.80. The lowest BCUT2D eigenvalue weighted by Gasteiger charge is -2.22. The van der Waals surface area contributed by atoms with Crippen LogP contribution in [0.1, 0.15) is 25.8 Å². The minimum atomic E-state index is -2.22. The van der Waals surface area contributed by atoms with Crippen molar-refractivity contribution in [2.75, 3.05) is 6.61 Å². The minimum absolute atomic E-state index is 0.00496. The van der Waals surface area contributed by atoms with Crippen LogP contribution in [-0.4, -0.2) is 16.3 Å². The molecular formula is C15H17F2N2O+. The number of hydrogen-bond acceptors (Lipinski definition) is 1. The number of halogens is 2. The molecule has 0 atom stereocenters. The van der Waals surface area contributed by atoms with Gasteiger partial charge in [-0.2, -0.15) is 0 Å². The van der Waals surface area contributed by atoms with Gasteiger partial charge in [-0.1, -0.05) is 0 Å². The fraction of sp³-hybridized carbons (Fsp3) is 0.333. The monoisotopic (exact) mass is 279 g/mol. The van der Waals surface area contributed by atoms with E-state index in [-0.39, 0.29) is 18.1 Å². The average Bonchev–Trinajstić information content (AvgIpc) is 2.90. The predicted molar refractivity (Wildman–Crippen MR) is 74.6 cm³/mol. The summed E-state index contributed by atoms with van der Waals surface area (Å²) < 4.78 is 31.2. The standard InChI is InChI=1S/C15H17F2N2O/c1-10-8-11(2)14-13(10)9-12-4-6-18(5-3-7-20)15(12)19(14,16)17/h4,6,8-9,20H,3,5,7H2,1-2H3/q+1. The number of rotatable bonds is 3. The molecule has 0 bridgehead atoms. The second kappa shape index (κ2) is 4.40. The third-order valence-electron chi connectivity index (χ3n) is 3.85. The second-order valence-electron chi connectivity index (χ2n) is 5.30. The first-order chi connectivity index (χ1) is 9.46. The first kappa shape index (κ1) is 13.3. The first-order valence-electron chi connectivity index (χ1n) is 6.68. The van der Waals surface area contributed by atoms with Crippen molar-refractivity contribution in [1.29, 1.82) is 0 Å². The lowest BCUT2D eigenvalue weighted by Crippen LogP contribution is -2.35. The van der Waals surface area contributed by atoms with E-state index in [0.717, 1.165) is 5.57 Å². The Morgan fingerprint density at radius 3 is 2.70 bits per heavy atom. The van der Waals surface area contributed by atoms with Crippen molar-refractivity contribution in [2.24, 2.45) is 0 Å². The molecule has 20 heavy (non-hydrogen) atoms. The minimum Gasteiger partial charge on any atom is -0.396 e. The van der Waals surface area contributed by atoms with Crippen molar-refractivity contribution in [3.63, 3.8) is 0 Å². The predicted octanol–water partition coefficient (Wildman–Crippen LogP) is 3.58. The van der Waals surface area contributed by atoms with Gasteiger partial charge in [0.1, 0.15) is 4.93 Å². The Labute approximate surface area is 116 Å². The van der Waals surface area contributed by atoms with Crippen LogP contribution in [0.25, 0.3) is 6.08 Å². The van der Waals surface area contributed by atoms with Gasteiger partial charge < -0.3 is 5.11 Å². The zero-order valence-corrected chi connectivity index (χ0v) is 11.5. The zero-order chi connectivity index (χ0) is 14.5. The fourth-order valence-corrected chi connectivity index (χ4v) is 3.03. The van der Waals surface area contributed by atoms with Crippen molar-refractivity contribution < 1.29 is 14.1 Å². The molecule has 2 heterocycles. The van der Waals surface area contributed by atoms with Crippen LogP contribution in [0.4, 0.5) is 14.8 Å². The topological polar surface area (TPSA) is 25.2 Å². The molecule has 1 aromatic rings. The Bertz CT molecular complexity index is 665. The van der Waals surface area contributed by atoms with E-state index in [2.05, 4.69) is 0 Å². The molecule has 0 amide bonds. The first-order valence-corrected chi connectivity index (χ1v) is 6.68. The van der Waals surface area contributed by atoms with Gasteiger partial charge in [-0.05, 0) is 44.1 Å². The van der Waals surface area contributed by atoms with Gasteiger partial charge in [0.15, 0.2) is 0 Å². The molecule has 0 unspecified atom stereocenters. The molecular weight excluding hydrogens is 262 g/mol. The highest BCUT2D eigenvalue weighted by Gasteiger charge is 2.52. The van der Waals surface area contributed by atoms with E-state index in [1.54, 1.807) is 25.3 Å². The summed E-state index contributed by atoms with van der Waals surface area (Å²) >= 11 is 0. The van der Waals surface area contributed by atoms with E-state index in [1.165, 1.54) is 4.57 Å². The molecule has 0 spiro atoms. The Morgan fingerprint density at radius 1 is 1.25 bits per heavy atom. The Balaban J connectivity index is 2.16. The summed E-state index contributed by atoms with van der Waals surface area (Å²) in [7, 11) is 0. The van der Waals surface area contributed by atoms with Gasteiger partial charge in [0, 0.05) is 30.5 Å². The molecule has 106 valence electrons. The van der Waals surface area contributed by atoms with Gasteiger partial charge in [0.2, 0.25) is 5.70 Å². The van der Waals surface area contributed by atoms with Crippen LogP contribution >= 0.6 is 0 Å².